The summed E-state index contributed by atoms with van der Waals surface area (Å²) in [4.78, 5) is 15.3. The molecule has 28 heavy (non-hydrogen) atoms. The molecular formula is C23H26N2O3. The topological polar surface area (TPSA) is 64.3 Å². The number of hydrogen-bond donors (Lipinski definition) is 1. The van der Waals surface area contributed by atoms with E-state index in [2.05, 4.69) is 50.0 Å². The molecule has 0 unspecified atom stereocenters. The standard InChI is InChI=1S/C23H26N2O3/c1-23(2,3)20-10-6-18(7-11-20)14-28-15-21-13-25(16-24-21)12-17-4-8-19(9-5-17)22(26)27/h4-11,13,16H,12,14-15H2,1-3H3,(H,26,27). The number of aromatic carboxylic acids is 1. The Labute approximate surface area is 165 Å². The predicted molar refractivity (Wildman–Crippen MR) is 108 cm³/mol. The number of carboxylic acids is 1. The van der Waals surface area contributed by atoms with Gasteiger partial charge in [0.25, 0.3) is 0 Å². The van der Waals surface area contributed by atoms with Crippen LogP contribution in [0.3, 0.4) is 0 Å². The van der Waals surface area contributed by atoms with Gasteiger partial charge in [-0.2, -0.15) is 0 Å². The number of carbonyl (C=O) groups is 1. The van der Waals surface area contributed by atoms with Crippen molar-refractivity contribution in [2.45, 2.75) is 45.9 Å². The smallest absolute Gasteiger partial charge is 0.335 e. The summed E-state index contributed by atoms with van der Waals surface area (Å²) in [6, 6.07) is 15.4. The highest BCUT2D eigenvalue weighted by Gasteiger charge is 2.12. The van der Waals surface area contributed by atoms with Crippen molar-refractivity contribution in [1.82, 2.24) is 9.55 Å². The molecule has 3 aromatic rings. The number of rotatable bonds is 7. The monoisotopic (exact) mass is 378 g/mol. The third-order valence-corrected chi connectivity index (χ3v) is 4.59. The van der Waals surface area contributed by atoms with Crippen LogP contribution in [-0.2, 0) is 29.9 Å². The van der Waals surface area contributed by atoms with Gasteiger partial charge in [0.1, 0.15) is 0 Å². The lowest BCUT2D eigenvalue weighted by Gasteiger charge is -2.19. The molecule has 0 aliphatic carbocycles. The summed E-state index contributed by atoms with van der Waals surface area (Å²) < 4.78 is 7.76. The molecule has 0 saturated carbocycles. The van der Waals surface area contributed by atoms with Gasteiger partial charge in [-0.15, -0.1) is 0 Å². The number of nitrogens with zero attached hydrogens (tertiary/aromatic N) is 2. The molecule has 3 rings (SSSR count). The number of imidazole rings is 1. The van der Waals surface area contributed by atoms with Crippen LogP contribution in [0.1, 0.15) is 53.5 Å². The summed E-state index contributed by atoms with van der Waals surface area (Å²) >= 11 is 0. The van der Waals surface area contributed by atoms with Crippen LogP contribution in [-0.4, -0.2) is 20.6 Å². The van der Waals surface area contributed by atoms with E-state index in [1.165, 1.54) is 5.56 Å². The highest BCUT2D eigenvalue weighted by atomic mass is 16.5. The maximum absolute atomic E-state index is 10.9. The molecule has 146 valence electrons. The van der Waals surface area contributed by atoms with Crippen molar-refractivity contribution in [3.05, 3.63) is 89.0 Å². The second-order valence-electron chi connectivity index (χ2n) is 7.98. The molecule has 5 nitrogen and oxygen atoms in total. The molecule has 1 heterocycles. The minimum atomic E-state index is -0.915. The van der Waals surface area contributed by atoms with Crippen LogP contribution in [0, 0.1) is 0 Å². The van der Waals surface area contributed by atoms with Crippen LogP contribution >= 0.6 is 0 Å². The summed E-state index contributed by atoms with van der Waals surface area (Å²) in [5, 5.41) is 8.95. The zero-order chi connectivity index (χ0) is 20.1. The third kappa shape index (κ3) is 5.30. The minimum Gasteiger partial charge on any atom is -0.478 e. The van der Waals surface area contributed by atoms with Gasteiger partial charge in [-0.25, -0.2) is 9.78 Å². The average Bonchev–Trinajstić information content (AvgIpc) is 3.09. The van der Waals surface area contributed by atoms with Crippen LogP contribution in [0.25, 0.3) is 0 Å². The lowest BCUT2D eigenvalue weighted by molar-refractivity contribution is 0.0697. The van der Waals surface area contributed by atoms with Crippen molar-refractivity contribution in [2.24, 2.45) is 0 Å². The van der Waals surface area contributed by atoms with E-state index in [1.54, 1.807) is 18.5 Å². The first kappa shape index (κ1) is 19.8. The number of aromatic nitrogens is 2. The predicted octanol–water partition coefficient (Wildman–Crippen LogP) is 4.64. The summed E-state index contributed by atoms with van der Waals surface area (Å²) in [6.07, 6.45) is 3.72. The Balaban J connectivity index is 1.50. The minimum absolute atomic E-state index is 0.153. The fourth-order valence-corrected chi connectivity index (χ4v) is 2.91. The highest BCUT2D eigenvalue weighted by molar-refractivity contribution is 5.87. The normalized spacial score (nSPS) is 11.5. The molecule has 1 aromatic heterocycles. The largest absolute Gasteiger partial charge is 0.478 e. The molecule has 0 saturated heterocycles. The van der Waals surface area contributed by atoms with E-state index in [4.69, 9.17) is 9.84 Å². The molecule has 0 fully saturated rings. The molecule has 0 amide bonds. The van der Waals surface area contributed by atoms with Crippen molar-refractivity contribution in [3.63, 3.8) is 0 Å². The molecule has 0 aliphatic rings. The van der Waals surface area contributed by atoms with Crippen LogP contribution in [0.2, 0.25) is 0 Å². The second kappa shape index (κ2) is 8.40. The number of benzene rings is 2. The van der Waals surface area contributed by atoms with Crippen LogP contribution in [0.5, 0.6) is 0 Å². The first-order chi connectivity index (χ1) is 13.3. The van der Waals surface area contributed by atoms with Gasteiger partial charge in [0.15, 0.2) is 0 Å². The van der Waals surface area contributed by atoms with Crippen molar-refractivity contribution in [3.8, 4) is 0 Å². The maximum Gasteiger partial charge on any atom is 0.335 e. The van der Waals surface area contributed by atoms with Gasteiger partial charge in [-0.05, 0) is 34.2 Å². The van der Waals surface area contributed by atoms with Crippen LogP contribution < -0.4 is 0 Å². The van der Waals surface area contributed by atoms with E-state index >= 15 is 0 Å². The summed E-state index contributed by atoms with van der Waals surface area (Å²) in [7, 11) is 0. The van der Waals surface area contributed by atoms with Crippen molar-refractivity contribution >= 4 is 5.97 Å². The van der Waals surface area contributed by atoms with Crippen LogP contribution in [0.15, 0.2) is 61.1 Å². The second-order valence-corrected chi connectivity index (χ2v) is 7.98. The fourth-order valence-electron chi connectivity index (χ4n) is 2.91. The molecule has 0 aliphatic heterocycles. The summed E-state index contributed by atoms with van der Waals surface area (Å²) in [5.41, 5.74) is 4.79. The molecule has 0 atom stereocenters. The maximum atomic E-state index is 10.9. The van der Waals surface area contributed by atoms with E-state index in [9.17, 15) is 4.79 Å². The Hall–Kier alpha value is -2.92. The van der Waals surface area contributed by atoms with Gasteiger partial charge in [0.2, 0.25) is 0 Å². The summed E-state index contributed by atoms with van der Waals surface area (Å²) in [6.45, 7) is 8.25. The molecule has 1 N–H and O–H groups in total. The van der Waals surface area contributed by atoms with Gasteiger partial charge in [-0.3, -0.25) is 0 Å². The first-order valence-electron chi connectivity index (χ1n) is 9.31. The molecule has 0 radical (unpaired) electrons. The van der Waals surface area contributed by atoms with Gasteiger partial charge in [-0.1, -0.05) is 57.2 Å². The van der Waals surface area contributed by atoms with Gasteiger partial charge in [0.05, 0.1) is 30.8 Å². The molecule has 0 spiro atoms. The Morgan fingerprint density at radius 1 is 1.00 bits per heavy atom. The fraction of sp³-hybridized carbons (Fsp3) is 0.304. The Morgan fingerprint density at radius 2 is 1.64 bits per heavy atom. The summed E-state index contributed by atoms with van der Waals surface area (Å²) in [5.74, 6) is -0.915. The SMILES string of the molecule is CC(C)(C)c1ccc(COCc2cn(Cc3ccc(C(=O)O)cc3)cn2)cc1. The number of ether oxygens (including phenoxy) is 1. The van der Waals surface area contributed by atoms with E-state index in [-0.39, 0.29) is 5.41 Å². The molecule has 5 heteroatoms. The zero-order valence-corrected chi connectivity index (χ0v) is 16.6. The zero-order valence-electron chi connectivity index (χ0n) is 16.6. The van der Waals surface area contributed by atoms with Crippen molar-refractivity contribution in [2.75, 3.05) is 0 Å². The Morgan fingerprint density at radius 3 is 2.25 bits per heavy atom. The third-order valence-electron chi connectivity index (χ3n) is 4.59. The van der Waals surface area contributed by atoms with Crippen molar-refractivity contribution in [1.29, 1.82) is 0 Å². The first-order valence-corrected chi connectivity index (χ1v) is 9.31. The average molecular weight is 378 g/mol. The van der Waals surface area contributed by atoms with Crippen LogP contribution in [0.4, 0.5) is 0 Å². The van der Waals surface area contributed by atoms with Crippen molar-refractivity contribution < 1.29 is 14.6 Å². The Bertz CT molecular complexity index is 920. The molecule has 0 bridgehead atoms. The van der Waals surface area contributed by atoms with E-state index < -0.39 is 5.97 Å². The lowest BCUT2D eigenvalue weighted by atomic mass is 9.87. The molecule has 2 aromatic carbocycles. The van der Waals surface area contributed by atoms with Gasteiger partial charge >= 0.3 is 5.97 Å². The van der Waals surface area contributed by atoms with E-state index in [1.807, 2.05) is 22.9 Å². The van der Waals surface area contributed by atoms with Gasteiger partial charge in [0, 0.05) is 12.7 Å². The highest BCUT2D eigenvalue weighted by Crippen LogP contribution is 2.22. The van der Waals surface area contributed by atoms with E-state index in [0.29, 0.717) is 25.3 Å². The lowest BCUT2D eigenvalue weighted by Crippen LogP contribution is -2.10. The quantitative estimate of drug-likeness (QED) is 0.650. The van der Waals surface area contributed by atoms with Gasteiger partial charge < -0.3 is 14.4 Å². The number of hydrogen-bond acceptors (Lipinski definition) is 3. The number of carboxylic acid groups (broad SMARTS) is 1. The van der Waals surface area contributed by atoms with E-state index in [0.717, 1.165) is 16.8 Å². The Kier molecular flexibility index (Phi) is 5.95. The molecular weight excluding hydrogens is 352 g/mol.